The van der Waals surface area contributed by atoms with Gasteiger partial charge in [-0.3, -0.25) is 4.79 Å². The number of nitrogens with zero attached hydrogens (tertiary/aromatic N) is 1. The van der Waals surface area contributed by atoms with Gasteiger partial charge < -0.3 is 20.3 Å². The number of rotatable bonds is 5. The van der Waals surface area contributed by atoms with Crippen LogP contribution in [0.15, 0.2) is 18.2 Å². The Morgan fingerprint density at radius 3 is 2.76 bits per heavy atom. The minimum atomic E-state index is -0.132. The van der Waals surface area contributed by atoms with Gasteiger partial charge in [0, 0.05) is 38.0 Å². The molecule has 1 aliphatic carbocycles. The first-order valence-electron chi connectivity index (χ1n) is 9.07. The minimum Gasteiger partial charge on any atom is -0.376 e. The zero-order valence-electron chi connectivity index (χ0n) is 15.0. The molecule has 136 valence electrons. The molecular weight excluding hydrogens is 318 g/mol. The normalized spacial score (nSPS) is 20.2. The Morgan fingerprint density at radius 2 is 2.04 bits per heavy atom. The van der Waals surface area contributed by atoms with Gasteiger partial charge in [-0.2, -0.15) is 0 Å². The minimum absolute atomic E-state index is 0.109. The van der Waals surface area contributed by atoms with Crippen molar-refractivity contribution in [1.82, 2.24) is 4.90 Å². The van der Waals surface area contributed by atoms with E-state index in [4.69, 9.17) is 4.74 Å². The van der Waals surface area contributed by atoms with Crippen molar-refractivity contribution < 1.29 is 14.3 Å². The average Bonchev–Trinajstić information content (AvgIpc) is 3.40. The molecule has 2 N–H and O–H groups in total. The summed E-state index contributed by atoms with van der Waals surface area (Å²) in [7, 11) is 0. The summed E-state index contributed by atoms with van der Waals surface area (Å²) in [5, 5.41) is 5.71. The van der Waals surface area contributed by atoms with Crippen molar-refractivity contribution in [2.24, 2.45) is 5.92 Å². The molecule has 0 radical (unpaired) electrons. The Bertz CT molecular complexity index is 643. The smallest absolute Gasteiger partial charge is 0.321 e. The summed E-state index contributed by atoms with van der Waals surface area (Å²) in [5.41, 5.74) is 2.36. The molecule has 25 heavy (non-hydrogen) atoms. The Hall–Kier alpha value is -2.08. The summed E-state index contributed by atoms with van der Waals surface area (Å²) in [6.07, 6.45) is 4.69. The summed E-state index contributed by atoms with van der Waals surface area (Å²) < 4.78 is 5.95. The van der Waals surface area contributed by atoms with Crippen LogP contribution in [0.1, 0.15) is 38.2 Å². The molecule has 6 nitrogen and oxygen atoms in total. The maximum absolute atomic E-state index is 12.6. The van der Waals surface area contributed by atoms with E-state index in [-0.39, 0.29) is 18.0 Å². The van der Waals surface area contributed by atoms with Crippen molar-refractivity contribution in [2.45, 2.75) is 45.6 Å². The van der Waals surface area contributed by atoms with Crippen molar-refractivity contribution in [1.29, 1.82) is 0 Å². The highest BCUT2D eigenvalue weighted by molar-refractivity contribution is 5.93. The molecule has 2 fully saturated rings. The number of nitrogens with one attached hydrogen (secondary N) is 2. The average molecular weight is 345 g/mol. The van der Waals surface area contributed by atoms with Crippen LogP contribution in [0.25, 0.3) is 0 Å². The van der Waals surface area contributed by atoms with Crippen LogP contribution in [0.4, 0.5) is 16.2 Å². The Kier molecular flexibility index (Phi) is 5.58. The molecule has 0 aromatic heterocycles. The number of ether oxygens (including phenoxy) is 1. The van der Waals surface area contributed by atoms with E-state index in [9.17, 15) is 9.59 Å². The van der Waals surface area contributed by atoms with Crippen LogP contribution in [0.5, 0.6) is 0 Å². The molecule has 3 amide bonds. The molecule has 2 aliphatic rings. The Balaban J connectivity index is 1.57. The third-order valence-corrected chi connectivity index (χ3v) is 4.73. The van der Waals surface area contributed by atoms with Gasteiger partial charge in [0.05, 0.1) is 6.10 Å². The first-order chi connectivity index (χ1) is 12.0. The number of aryl methyl sites for hydroxylation is 1. The Morgan fingerprint density at radius 1 is 1.24 bits per heavy atom. The summed E-state index contributed by atoms with van der Waals surface area (Å²) in [6, 6.07) is 5.40. The molecule has 3 rings (SSSR count). The van der Waals surface area contributed by atoms with Gasteiger partial charge in [-0.15, -0.1) is 0 Å². The van der Waals surface area contributed by atoms with Crippen LogP contribution in [-0.4, -0.2) is 42.6 Å². The third-order valence-electron chi connectivity index (χ3n) is 4.73. The van der Waals surface area contributed by atoms with Crippen LogP contribution < -0.4 is 10.6 Å². The molecule has 1 aliphatic heterocycles. The van der Waals surface area contributed by atoms with Crippen molar-refractivity contribution in [2.75, 3.05) is 30.3 Å². The quantitative estimate of drug-likeness (QED) is 0.859. The summed E-state index contributed by atoms with van der Waals surface area (Å²) in [4.78, 5) is 25.7. The van der Waals surface area contributed by atoms with E-state index in [1.807, 2.05) is 24.0 Å². The predicted octanol–water partition coefficient (Wildman–Crippen LogP) is 3.38. The summed E-state index contributed by atoms with van der Waals surface area (Å²) in [6.45, 7) is 5.62. The van der Waals surface area contributed by atoms with Crippen molar-refractivity contribution in [3.63, 3.8) is 0 Å². The van der Waals surface area contributed by atoms with E-state index in [2.05, 4.69) is 10.6 Å². The lowest BCUT2D eigenvalue weighted by atomic mass is 10.1. The number of hydrogen-bond acceptors (Lipinski definition) is 3. The van der Waals surface area contributed by atoms with Crippen molar-refractivity contribution in [3.05, 3.63) is 23.8 Å². The first-order valence-corrected chi connectivity index (χ1v) is 9.07. The number of anilines is 2. The molecule has 1 unspecified atom stereocenters. The van der Waals surface area contributed by atoms with Gasteiger partial charge in [0.2, 0.25) is 5.91 Å². The van der Waals surface area contributed by atoms with Crippen LogP contribution in [0.3, 0.4) is 0 Å². The van der Waals surface area contributed by atoms with Crippen LogP contribution in [0, 0.1) is 12.8 Å². The Labute approximate surface area is 148 Å². The lowest BCUT2D eigenvalue weighted by molar-refractivity contribution is -0.114. The first kappa shape index (κ1) is 17.7. The van der Waals surface area contributed by atoms with E-state index >= 15 is 0 Å². The van der Waals surface area contributed by atoms with E-state index in [1.165, 1.54) is 19.8 Å². The number of piperidine rings is 1. The number of likely N-dealkylation sites (tertiary alicyclic amines) is 1. The highest BCUT2D eigenvalue weighted by Crippen LogP contribution is 2.30. The zero-order chi connectivity index (χ0) is 17.8. The monoisotopic (exact) mass is 345 g/mol. The molecule has 0 spiro atoms. The number of carbonyl (C=O) groups excluding carboxylic acids is 2. The number of carbonyl (C=O) groups is 2. The zero-order valence-corrected chi connectivity index (χ0v) is 15.0. The standard InChI is InChI=1S/C19H27N3O3/c1-13-5-8-16(20-14(2)23)10-18(13)21-19(24)22-9-3-4-17(11-22)25-12-15-6-7-15/h5,8,10,15,17H,3-4,6-7,9,11-12H2,1-2H3,(H,20,23)(H,21,24). The van der Waals surface area contributed by atoms with Gasteiger partial charge >= 0.3 is 6.03 Å². The van der Waals surface area contributed by atoms with Crippen LogP contribution >= 0.6 is 0 Å². The fourth-order valence-electron chi connectivity index (χ4n) is 3.05. The number of urea groups is 1. The number of hydrogen-bond donors (Lipinski definition) is 2. The molecule has 1 saturated carbocycles. The van der Waals surface area contributed by atoms with Gasteiger partial charge in [-0.1, -0.05) is 6.07 Å². The second kappa shape index (κ2) is 7.87. The van der Waals surface area contributed by atoms with E-state index < -0.39 is 0 Å². The predicted molar refractivity (Wildman–Crippen MR) is 97.8 cm³/mol. The van der Waals surface area contributed by atoms with Crippen LogP contribution in [0.2, 0.25) is 0 Å². The fourth-order valence-corrected chi connectivity index (χ4v) is 3.05. The maximum atomic E-state index is 12.6. The van der Waals surface area contributed by atoms with Crippen molar-refractivity contribution in [3.8, 4) is 0 Å². The second-order valence-electron chi connectivity index (χ2n) is 7.13. The SMILES string of the molecule is CC(=O)Nc1ccc(C)c(NC(=O)N2CCCC(OCC3CC3)C2)c1. The van der Waals surface area contributed by atoms with Gasteiger partial charge in [0.25, 0.3) is 0 Å². The number of amides is 3. The van der Waals surface area contributed by atoms with Gasteiger partial charge in [0.15, 0.2) is 0 Å². The van der Waals surface area contributed by atoms with Gasteiger partial charge in [-0.25, -0.2) is 4.79 Å². The van der Waals surface area contributed by atoms with Crippen LogP contribution in [-0.2, 0) is 9.53 Å². The molecule has 1 aromatic carbocycles. The molecule has 1 saturated heterocycles. The highest BCUT2D eigenvalue weighted by atomic mass is 16.5. The summed E-state index contributed by atoms with van der Waals surface area (Å²) in [5.74, 6) is 0.608. The topological polar surface area (TPSA) is 70.7 Å². The molecule has 1 aromatic rings. The molecular formula is C19H27N3O3. The molecule has 0 bridgehead atoms. The third kappa shape index (κ3) is 5.19. The van der Waals surface area contributed by atoms with E-state index in [0.29, 0.717) is 12.2 Å². The molecule has 1 atom stereocenters. The van der Waals surface area contributed by atoms with Gasteiger partial charge in [0.1, 0.15) is 0 Å². The second-order valence-corrected chi connectivity index (χ2v) is 7.13. The lowest BCUT2D eigenvalue weighted by Gasteiger charge is -2.33. The summed E-state index contributed by atoms with van der Waals surface area (Å²) >= 11 is 0. The van der Waals surface area contributed by atoms with Gasteiger partial charge in [-0.05, 0) is 56.2 Å². The lowest BCUT2D eigenvalue weighted by Crippen LogP contribution is -2.45. The maximum Gasteiger partial charge on any atom is 0.321 e. The molecule has 6 heteroatoms. The largest absolute Gasteiger partial charge is 0.376 e. The van der Waals surface area contributed by atoms with E-state index in [0.717, 1.165) is 43.2 Å². The van der Waals surface area contributed by atoms with E-state index in [1.54, 1.807) is 6.07 Å². The number of benzene rings is 1. The fraction of sp³-hybridized carbons (Fsp3) is 0.579. The van der Waals surface area contributed by atoms with Crippen molar-refractivity contribution >= 4 is 23.3 Å². The highest BCUT2D eigenvalue weighted by Gasteiger charge is 2.27. The molecule has 1 heterocycles.